The van der Waals surface area contributed by atoms with Crippen LogP contribution in [0.15, 0.2) is 110 Å². The first-order valence-corrected chi connectivity index (χ1v) is 17.9. The van der Waals surface area contributed by atoms with Crippen molar-refractivity contribution in [2.24, 2.45) is 0 Å². The molecule has 2 atom stereocenters. The van der Waals surface area contributed by atoms with E-state index in [1.807, 2.05) is 36.4 Å². The van der Waals surface area contributed by atoms with Gasteiger partial charge in [-0.15, -0.1) is 0 Å². The number of aromatic nitrogens is 2. The van der Waals surface area contributed by atoms with Crippen LogP contribution in [0.2, 0.25) is 0 Å². The fraction of sp³-hybridized carbons (Fsp3) is 0.250. The fourth-order valence-corrected chi connectivity index (χ4v) is 7.30. The Hall–Kier alpha value is -5.92. The maximum atomic E-state index is 13.9. The Labute approximate surface area is 312 Å². The first-order valence-electron chi connectivity index (χ1n) is 17.9. The number of halogens is 3. The quantitative estimate of drug-likeness (QED) is 0.114. The summed E-state index contributed by atoms with van der Waals surface area (Å²) in [4.78, 5) is 34.6. The number of fused-ring (bicyclic) bond motifs is 5. The van der Waals surface area contributed by atoms with Gasteiger partial charge >= 0.3 is 12.1 Å². The molecule has 274 valence electrons. The maximum Gasteiger partial charge on any atom is 0.416 e. The molecule has 5 aromatic carbocycles. The lowest BCUT2D eigenvalue weighted by molar-refractivity contribution is -0.137. The summed E-state index contributed by atoms with van der Waals surface area (Å²) in [7, 11) is 0. The Balaban J connectivity index is 0.000000389. The van der Waals surface area contributed by atoms with E-state index >= 15 is 0 Å². The molecule has 6 aromatic rings. The first kappa shape index (κ1) is 37.8. The van der Waals surface area contributed by atoms with Crippen LogP contribution in [0.3, 0.4) is 0 Å². The van der Waals surface area contributed by atoms with Gasteiger partial charge in [0.25, 0.3) is 0 Å². The largest absolute Gasteiger partial charge is 0.462 e. The van der Waals surface area contributed by atoms with Crippen LogP contribution in [0.1, 0.15) is 88.3 Å². The first-order chi connectivity index (χ1) is 26.1. The normalized spacial score (nSPS) is 15.3. The molecule has 0 amide bonds. The summed E-state index contributed by atoms with van der Waals surface area (Å²) in [6.45, 7) is 8.95. The molecule has 1 aromatic heterocycles. The van der Waals surface area contributed by atoms with Crippen LogP contribution in [0.25, 0.3) is 21.5 Å². The Bertz CT molecular complexity index is 2330. The van der Waals surface area contributed by atoms with Crippen molar-refractivity contribution in [2.75, 3.05) is 19.7 Å². The number of benzene rings is 5. The van der Waals surface area contributed by atoms with Crippen LogP contribution >= 0.6 is 0 Å². The molecule has 1 heterocycles. The van der Waals surface area contributed by atoms with Crippen molar-refractivity contribution in [1.29, 1.82) is 5.26 Å². The number of carbonyl (C=O) groups is 2. The molecule has 1 aliphatic rings. The Kier molecular flexibility index (Phi) is 11.5. The zero-order chi connectivity index (χ0) is 38.4. The van der Waals surface area contributed by atoms with E-state index in [9.17, 15) is 28.0 Å². The number of ketones is 1. The predicted octanol–water partition coefficient (Wildman–Crippen LogP) is 9.62. The lowest BCUT2D eigenvalue weighted by Crippen LogP contribution is -2.26. The van der Waals surface area contributed by atoms with Gasteiger partial charge in [-0.25, -0.2) is 14.8 Å². The second-order valence-electron chi connectivity index (χ2n) is 13.1. The summed E-state index contributed by atoms with van der Waals surface area (Å²) in [5.41, 5.74) is 4.28. The van der Waals surface area contributed by atoms with Crippen molar-refractivity contribution in [3.8, 4) is 6.07 Å². The van der Waals surface area contributed by atoms with Gasteiger partial charge in [0.05, 0.1) is 35.3 Å². The highest BCUT2D eigenvalue weighted by atomic mass is 19.4. The summed E-state index contributed by atoms with van der Waals surface area (Å²) in [6, 6.07) is 29.1. The summed E-state index contributed by atoms with van der Waals surface area (Å²) >= 11 is 0. The third kappa shape index (κ3) is 7.87. The number of ether oxygens (including phenoxy) is 1. The molecule has 0 spiro atoms. The van der Waals surface area contributed by atoms with Gasteiger partial charge in [-0.05, 0) is 93.6 Å². The van der Waals surface area contributed by atoms with E-state index in [0.29, 0.717) is 23.3 Å². The van der Waals surface area contributed by atoms with Crippen molar-refractivity contribution < 1.29 is 27.5 Å². The average Bonchev–Trinajstić information content (AvgIpc) is 3.19. The number of hydrogen-bond donors (Lipinski definition) is 0. The highest BCUT2D eigenvalue weighted by Gasteiger charge is 2.38. The van der Waals surface area contributed by atoms with Crippen LogP contribution in [0.4, 0.5) is 13.2 Å². The molecule has 7 nitrogen and oxygen atoms in total. The third-order valence-electron chi connectivity index (χ3n) is 9.94. The molecular weight excluding hydrogens is 690 g/mol. The molecule has 2 unspecified atom stereocenters. The topological polar surface area (TPSA) is 96.2 Å². The summed E-state index contributed by atoms with van der Waals surface area (Å²) in [5, 5.41) is 13.7. The lowest BCUT2D eigenvalue weighted by atomic mass is 9.69. The number of nitriles is 1. The fourth-order valence-electron chi connectivity index (χ4n) is 7.30. The van der Waals surface area contributed by atoms with Gasteiger partial charge in [0.15, 0.2) is 0 Å². The zero-order valence-corrected chi connectivity index (χ0v) is 30.2. The number of Topliss-reactive ketones (excluding diaryl/α,β-unsaturated/α-hetero) is 1. The molecule has 0 aliphatic heterocycles. The van der Waals surface area contributed by atoms with Gasteiger partial charge in [0.1, 0.15) is 12.1 Å². The number of alkyl halides is 3. The second-order valence-corrected chi connectivity index (χ2v) is 13.1. The molecule has 0 saturated carbocycles. The summed E-state index contributed by atoms with van der Waals surface area (Å²) < 4.78 is 45.9. The highest BCUT2D eigenvalue weighted by Crippen LogP contribution is 2.48. The smallest absolute Gasteiger partial charge is 0.416 e. The Morgan fingerprint density at radius 1 is 0.852 bits per heavy atom. The van der Waals surface area contributed by atoms with Crippen molar-refractivity contribution >= 4 is 33.3 Å². The minimum Gasteiger partial charge on any atom is -0.462 e. The minimum absolute atomic E-state index is 0.121. The molecule has 7 rings (SSSR count). The lowest BCUT2D eigenvalue weighted by Gasteiger charge is -2.33. The maximum absolute atomic E-state index is 13.9. The van der Waals surface area contributed by atoms with E-state index in [0.717, 1.165) is 70.0 Å². The number of nitrogens with zero attached hydrogens (tertiary/aromatic N) is 4. The standard InChI is InChI=1S/C37H31F3N2O.C7H8N2O2/c1-3-42(4-2)22-26-19-33-30(29-11-6-5-10-28(26)29)16-17-31-35(25-8-7-9-27(18-25)37(38,39)40)34(43)20-32(36(31)33)24-14-12-23(21-41)13-15-24;1-2-11-7(10)6-3-8-5-9-4-6/h5-19,32,35H,3-4,20,22H2,1-2H3;3-5H,2H2,1H3. The van der Waals surface area contributed by atoms with E-state index in [-0.39, 0.29) is 24.1 Å². The minimum atomic E-state index is -4.51. The Morgan fingerprint density at radius 3 is 2.19 bits per heavy atom. The zero-order valence-electron chi connectivity index (χ0n) is 30.2. The van der Waals surface area contributed by atoms with Crippen LogP contribution < -0.4 is 0 Å². The molecule has 1 aliphatic carbocycles. The van der Waals surface area contributed by atoms with Crippen LogP contribution in [0.5, 0.6) is 0 Å². The van der Waals surface area contributed by atoms with E-state index in [2.05, 4.69) is 53.0 Å². The van der Waals surface area contributed by atoms with Crippen molar-refractivity contribution in [1.82, 2.24) is 14.9 Å². The van der Waals surface area contributed by atoms with Crippen LogP contribution in [-0.2, 0) is 22.3 Å². The molecule has 10 heteroatoms. The van der Waals surface area contributed by atoms with E-state index in [1.54, 1.807) is 25.1 Å². The Morgan fingerprint density at radius 2 is 1.54 bits per heavy atom. The van der Waals surface area contributed by atoms with Gasteiger partial charge in [-0.2, -0.15) is 18.4 Å². The number of esters is 1. The van der Waals surface area contributed by atoms with Gasteiger partial charge < -0.3 is 4.74 Å². The molecule has 0 N–H and O–H groups in total. The van der Waals surface area contributed by atoms with Crippen molar-refractivity contribution in [3.05, 3.63) is 154 Å². The monoisotopic (exact) mass is 728 g/mol. The number of hydrogen-bond acceptors (Lipinski definition) is 7. The van der Waals surface area contributed by atoms with Crippen molar-refractivity contribution in [3.63, 3.8) is 0 Å². The van der Waals surface area contributed by atoms with Gasteiger partial charge in [0.2, 0.25) is 0 Å². The molecule has 0 bridgehead atoms. The van der Waals surface area contributed by atoms with Crippen LogP contribution in [-0.4, -0.2) is 46.3 Å². The average molecular weight is 729 g/mol. The molecule has 54 heavy (non-hydrogen) atoms. The van der Waals surface area contributed by atoms with E-state index < -0.39 is 17.7 Å². The van der Waals surface area contributed by atoms with E-state index in [1.165, 1.54) is 30.4 Å². The van der Waals surface area contributed by atoms with E-state index in [4.69, 9.17) is 4.74 Å². The van der Waals surface area contributed by atoms with Gasteiger partial charge in [0, 0.05) is 31.3 Å². The van der Waals surface area contributed by atoms with Gasteiger partial charge in [-0.1, -0.05) is 80.6 Å². The molecule has 0 saturated heterocycles. The summed E-state index contributed by atoms with van der Waals surface area (Å²) in [5.74, 6) is -1.62. The second kappa shape index (κ2) is 16.4. The third-order valence-corrected chi connectivity index (χ3v) is 9.94. The molecule has 0 fully saturated rings. The summed E-state index contributed by atoms with van der Waals surface area (Å²) in [6.07, 6.45) is -0.154. The number of carbonyl (C=O) groups excluding carboxylic acids is 2. The predicted molar refractivity (Wildman–Crippen MR) is 202 cm³/mol. The SMILES string of the molecule is CCN(CC)Cc1cc2c3c(ccc2c2ccccc12)C(c1cccc(C(F)(F)F)c1)C(=O)CC3c1ccc(C#N)cc1.CCOC(=O)c1cncnc1. The number of rotatable bonds is 8. The molecular formula is C44H39F3N4O3. The van der Waals surface area contributed by atoms with Crippen LogP contribution in [0, 0.1) is 11.3 Å². The highest BCUT2D eigenvalue weighted by molar-refractivity contribution is 6.11. The molecule has 0 radical (unpaired) electrons. The van der Waals surface area contributed by atoms with Gasteiger partial charge in [-0.3, -0.25) is 9.69 Å². The van der Waals surface area contributed by atoms with Crippen molar-refractivity contribution in [2.45, 2.75) is 51.7 Å².